The first-order valence-corrected chi connectivity index (χ1v) is 9.45. The van der Waals surface area contributed by atoms with Crippen molar-refractivity contribution in [1.29, 1.82) is 0 Å². The average molecular weight is 366 g/mol. The van der Waals surface area contributed by atoms with Crippen molar-refractivity contribution < 1.29 is 14.3 Å². The average Bonchev–Trinajstić information content (AvgIpc) is 3.09. The van der Waals surface area contributed by atoms with Crippen LogP contribution in [0.4, 0.5) is 11.4 Å². The number of carbonyl (C=O) groups excluding carboxylic acids is 2. The summed E-state index contributed by atoms with van der Waals surface area (Å²) in [7, 11) is 1.57. The Bertz CT molecular complexity index is 801. The van der Waals surface area contributed by atoms with Crippen molar-refractivity contribution in [3.63, 3.8) is 0 Å². The van der Waals surface area contributed by atoms with Crippen molar-refractivity contribution in [1.82, 2.24) is 0 Å². The molecule has 3 rings (SSSR count). The number of anilines is 2. The Morgan fingerprint density at radius 1 is 1.19 bits per heavy atom. The van der Waals surface area contributed by atoms with E-state index in [1.165, 1.54) is 5.56 Å². The molecule has 5 heteroatoms. The molecule has 2 aromatic rings. The van der Waals surface area contributed by atoms with Crippen LogP contribution in [0.1, 0.15) is 31.7 Å². The molecule has 1 saturated heterocycles. The molecule has 0 bridgehead atoms. The normalized spacial score (nSPS) is 16.4. The number of hydrogen-bond donors (Lipinski definition) is 1. The number of amides is 2. The first-order chi connectivity index (χ1) is 13.1. The first kappa shape index (κ1) is 19.0. The molecule has 5 nitrogen and oxygen atoms in total. The van der Waals surface area contributed by atoms with Crippen molar-refractivity contribution in [3.8, 4) is 5.75 Å². The van der Waals surface area contributed by atoms with Gasteiger partial charge in [0.15, 0.2) is 0 Å². The van der Waals surface area contributed by atoms with Crippen molar-refractivity contribution >= 4 is 23.2 Å². The molecule has 1 aliphatic rings. The molecule has 142 valence electrons. The van der Waals surface area contributed by atoms with E-state index in [1.54, 1.807) is 24.1 Å². The summed E-state index contributed by atoms with van der Waals surface area (Å²) >= 11 is 0. The quantitative estimate of drug-likeness (QED) is 0.805. The number of unbranched alkanes of at least 4 members (excludes halogenated alkanes) is 1. The molecule has 0 aromatic heterocycles. The van der Waals surface area contributed by atoms with Crippen molar-refractivity contribution in [2.75, 3.05) is 23.9 Å². The lowest BCUT2D eigenvalue weighted by atomic mass is 10.1. The van der Waals surface area contributed by atoms with Crippen molar-refractivity contribution in [3.05, 3.63) is 54.1 Å². The highest BCUT2D eigenvalue weighted by Gasteiger charge is 2.35. The molecule has 0 spiro atoms. The summed E-state index contributed by atoms with van der Waals surface area (Å²) in [5.74, 6) is 0.0586. The smallest absolute Gasteiger partial charge is 0.229 e. The summed E-state index contributed by atoms with van der Waals surface area (Å²) < 4.78 is 5.27. The molecule has 27 heavy (non-hydrogen) atoms. The molecule has 1 fully saturated rings. The number of carbonyl (C=O) groups is 2. The molecule has 0 radical (unpaired) electrons. The van der Waals surface area contributed by atoms with Crippen LogP contribution >= 0.6 is 0 Å². The minimum Gasteiger partial charge on any atom is -0.495 e. The van der Waals surface area contributed by atoms with Crippen LogP contribution in [0, 0.1) is 5.92 Å². The number of hydrogen-bond acceptors (Lipinski definition) is 3. The van der Waals surface area contributed by atoms with E-state index in [1.807, 2.05) is 24.3 Å². The van der Waals surface area contributed by atoms with E-state index < -0.39 is 0 Å². The maximum atomic E-state index is 12.6. The molecule has 1 aliphatic heterocycles. The van der Waals surface area contributed by atoms with Crippen molar-refractivity contribution in [2.45, 2.75) is 32.6 Å². The lowest BCUT2D eigenvalue weighted by Crippen LogP contribution is -2.28. The number of nitrogens with one attached hydrogen (secondary N) is 1. The van der Waals surface area contributed by atoms with Crippen LogP contribution in [0.25, 0.3) is 0 Å². The van der Waals surface area contributed by atoms with Crippen LogP contribution in [0.15, 0.2) is 48.5 Å². The summed E-state index contributed by atoms with van der Waals surface area (Å²) in [5, 5.41) is 2.89. The summed E-state index contributed by atoms with van der Waals surface area (Å²) in [6, 6.07) is 15.4. The van der Waals surface area contributed by atoms with Gasteiger partial charge in [0.25, 0.3) is 0 Å². The van der Waals surface area contributed by atoms with Gasteiger partial charge in [0.2, 0.25) is 11.8 Å². The fraction of sp³-hybridized carbons (Fsp3) is 0.364. The Morgan fingerprint density at radius 2 is 1.93 bits per heavy atom. The monoisotopic (exact) mass is 366 g/mol. The number of benzene rings is 2. The second kappa shape index (κ2) is 8.71. The van der Waals surface area contributed by atoms with Crippen LogP contribution in [0.3, 0.4) is 0 Å². The van der Waals surface area contributed by atoms with Crippen LogP contribution < -0.4 is 15.0 Å². The van der Waals surface area contributed by atoms with E-state index in [0.717, 1.165) is 24.9 Å². The predicted molar refractivity (Wildman–Crippen MR) is 107 cm³/mol. The first-order valence-electron chi connectivity index (χ1n) is 9.45. The Morgan fingerprint density at radius 3 is 2.63 bits per heavy atom. The summed E-state index contributed by atoms with van der Waals surface area (Å²) in [5.41, 5.74) is 2.75. The van der Waals surface area contributed by atoms with Gasteiger partial charge < -0.3 is 15.0 Å². The van der Waals surface area contributed by atoms with E-state index in [9.17, 15) is 9.59 Å². The standard InChI is InChI=1S/C22H26N2O3/c1-3-4-7-16-10-12-18(13-11-16)24-15-17(14-21(24)25)22(26)23-19-8-5-6-9-20(19)27-2/h5-6,8-13,17H,3-4,7,14-15H2,1-2H3,(H,23,26)/t17-/m1/s1. The van der Waals surface area contributed by atoms with Gasteiger partial charge in [0.05, 0.1) is 18.7 Å². The van der Waals surface area contributed by atoms with Gasteiger partial charge in [0, 0.05) is 18.7 Å². The van der Waals surface area contributed by atoms with E-state index in [0.29, 0.717) is 18.0 Å². The SMILES string of the molecule is CCCCc1ccc(N2C[C@H](C(=O)Nc3ccccc3OC)CC2=O)cc1. The zero-order chi connectivity index (χ0) is 19.2. The Hall–Kier alpha value is -2.82. The third-order valence-electron chi connectivity index (χ3n) is 4.93. The largest absolute Gasteiger partial charge is 0.495 e. The maximum absolute atomic E-state index is 12.6. The van der Waals surface area contributed by atoms with Gasteiger partial charge in [-0.15, -0.1) is 0 Å². The fourth-order valence-electron chi connectivity index (χ4n) is 3.34. The lowest BCUT2D eigenvalue weighted by molar-refractivity contribution is -0.122. The number of nitrogens with zero attached hydrogens (tertiary/aromatic N) is 1. The summed E-state index contributed by atoms with van der Waals surface area (Å²) in [6.07, 6.45) is 3.59. The molecule has 1 N–H and O–H groups in total. The van der Waals surface area contributed by atoms with Gasteiger partial charge >= 0.3 is 0 Å². The summed E-state index contributed by atoms with van der Waals surface area (Å²) in [6.45, 7) is 2.57. The highest BCUT2D eigenvalue weighted by Crippen LogP contribution is 2.28. The predicted octanol–water partition coefficient (Wildman–Crippen LogP) is 4.03. The minimum absolute atomic E-state index is 0.0171. The molecule has 0 unspecified atom stereocenters. The number of para-hydroxylation sites is 2. The van der Waals surface area contributed by atoms with E-state index in [2.05, 4.69) is 24.4 Å². The van der Waals surface area contributed by atoms with E-state index in [-0.39, 0.29) is 24.2 Å². The zero-order valence-electron chi connectivity index (χ0n) is 15.9. The highest BCUT2D eigenvalue weighted by molar-refractivity contribution is 6.03. The van der Waals surface area contributed by atoms with Gasteiger partial charge in [0.1, 0.15) is 5.75 Å². The zero-order valence-corrected chi connectivity index (χ0v) is 15.9. The van der Waals surface area contributed by atoms with Gasteiger partial charge in [-0.05, 0) is 42.7 Å². The Kier molecular flexibility index (Phi) is 6.12. The van der Waals surface area contributed by atoms with Gasteiger partial charge in [-0.25, -0.2) is 0 Å². The van der Waals surface area contributed by atoms with Gasteiger partial charge in [-0.1, -0.05) is 37.6 Å². The molecule has 2 aromatic carbocycles. The summed E-state index contributed by atoms with van der Waals surface area (Å²) in [4.78, 5) is 26.8. The van der Waals surface area contributed by atoms with Crippen molar-refractivity contribution in [2.24, 2.45) is 5.92 Å². The Balaban J connectivity index is 1.65. The highest BCUT2D eigenvalue weighted by atomic mass is 16.5. The molecular formula is C22H26N2O3. The molecule has 2 amide bonds. The number of methoxy groups -OCH3 is 1. The van der Waals surface area contributed by atoms with Crippen LogP contribution in [-0.2, 0) is 16.0 Å². The fourth-order valence-corrected chi connectivity index (χ4v) is 3.34. The molecule has 1 atom stereocenters. The van der Waals surface area contributed by atoms with Gasteiger partial charge in [-0.3, -0.25) is 9.59 Å². The van der Waals surface area contributed by atoms with Crippen LogP contribution in [-0.4, -0.2) is 25.5 Å². The molecular weight excluding hydrogens is 340 g/mol. The number of aryl methyl sites for hydroxylation is 1. The lowest BCUT2D eigenvalue weighted by Gasteiger charge is -2.17. The maximum Gasteiger partial charge on any atom is 0.229 e. The minimum atomic E-state index is -0.373. The topological polar surface area (TPSA) is 58.6 Å². The van der Waals surface area contributed by atoms with Gasteiger partial charge in [-0.2, -0.15) is 0 Å². The number of rotatable bonds is 7. The second-order valence-electron chi connectivity index (χ2n) is 6.86. The second-order valence-corrected chi connectivity index (χ2v) is 6.86. The molecule has 1 heterocycles. The third kappa shape index (κ3) is 4.48. The van der Waals surface area contributed by atoms with Crippen LogP contribution in [0.5, 0.6) is 5.75 Å². The molecule has 0 aliphatic carbocycles. The molecule has 0 saturated carbocycles. The third-order valence-corrected chi connectivity index (χ3v) is 4.93. The Labute approximate surface area is 160 Å². The van der Waals surface area contributed by atoms with E-state index in [4.69, 9.17) is 4.74 Å². The van der Waals surface area contributed by atoms with Crippen LogP contribution in [0.2, 0.25) is 0 Å². The number of ether oxygens (including phenoxy) is 1. The van der Waals surface area contributed by atoms with E-state index >= 15 is 0 Å².